The van der Waals surface area contributed by atoms with Crippen LogP contribution < -0.4 is 10.1 Å². The van der Waals surface area contributed by atoms with E-state index in [0.29, 0.717) is 34.9 Å². The van der Waals surface area contributed by atoms with Gasteiger partial charge in [-0.25, -0.2) is 4.98 Å². The molecule has 0 amide bonds. The van der Waals surface area contributed by atoms with Gasteiger partial charge in [0.15, 0.2) is 5.82 Å². The average Bonchev–Trinajstić information content (AvgIpc) is 3.35. The summed E-state index contributed by atoms with van der Waals surface area (Å²) in [7, 11) is 0. The van der Waals surface area contributed by atoms with E-state index in [4.69, 9.17) is 20.9 Å². The molecule has 1 N–H and O–H groups in total. The van der Waals surface area contributed by atoms with Gasteiger partial charge in [-0.05, 0) is 43.2 Å². The van der Waals surface area contributed by atoms with Gasteiger partial charge in [0, 0.05) is 23.9 Å². The van der Waals surface area contributed by atoms with Gasteiger partial charge in [0.05, 0.1) is 11.6 Å². The quantitative estimate of drug-likeness (QED) is 0.715. The second-order valence-electron chi connectivity index (χ2n) is 5.62. The largest absolute Gasteiger partial charge is 0.439 e. The lowest BCUT2D eigenvalue weighted by Crippen LogP contribution is -2.01. The van der Waals surface area contributed by atoms with Crippen LogP contribution in [0.3, 0.4) is 0 Å². The van der Waals surface area contributed by atoms with E-state index in [1.54, 1.807) is 18.3 Å². The van der Waals surface area contributed by atoms with E-state index in [1.807, 2.05) is 24.3 Å². The maximum atomic E-state index is 5.80. The van der Waals surface area contributed by atoms with Crippen molar-refractivity contribution < 1.29 is 9.26 Å². The van der Waals surface area contributed by atoms with E-state index in [9.17, 15) is 0 Å². The van der Waals surface area contributed by atoms with Gasteiger partial charge < -0.3 is 14.6 Å². The van der Waals surface area contributed by atoms with Crippen LogP contribution in [0.5, 0.6) is 11.6 Å². The zero-order valence-corrected chi connectivity index (χ0v) is 13.5. The second kappa shape index (κ2) is 6.49. The highest BCUT2D eigenvalue weighted by molar-refractivity contribution is 6.30. The predicted molar refractivity (Wildman–Crippen MR) is 89.4 cm³/mol. The van der Waals surface area contributed by atoms with Crippen molar-refractivity contribution >= 4 is 17.3 Å². The number of nitrogens with one attached hydrogen (secondary N) is 1. The standard InChI is InChI=1S/C17H15ClN4O2/c18-12-3-8-16(20-9-12)23-14-6-4-13(5-7-14)19-10-15-21-17(24-22-15)11-1-2-11/h3-9,11,19H,1-2,10H2. The Morgan fingerprint density at radius 2 is 2.00 bits per heavy atom. The number of rotatable bonds is 6. The number of pyridine rings is 1. The van der Waals surface area contributed by atoms with Gasteiger partial charge in [-0.2, -0.15) is 4.98 Å². The van der Waals surface area contributed by atoms with E-state index in [1.165, 1.54) is 0 Å². The molecule has 1 aromatic carbocycles. The van der Waals surface area contributed by atoms with Gasteiger partial charge in [0.25, 0.3) is 0 Å². The van der Waals surface area contributed by atoms with Crippen LogP contribution in [0.2, 0.25) is 5.02 Å². The Morgan fingerprint density at radius 3 is 2.71 bits per heavy atom. The van der Waals surface area contributed by atoms with Crippen molar-refractivity contribution in [3.63, 3.8) is 0 Å². The van der Waals surface area contributed by atoms with Crippen molar-refractivity contribution in [2.75, 3.05) is 5.32 Å². The van der Waals surface area contributed by atoms with Gasteiger partial charge in [-0.1, -0.05) is 16.8 Å². The molecule has 2 heterocycles. The highest BCUT2D eigenvalue weighted by Crippen LogP contribution is 2.38. The van der Waals surface area contributed by atoms with Crippen LogP contribution >= 0.6 is 11.6 Å². The monoisotopic (exact) mass is 342 g/mol. The molecule has 0 spiro atoms. The van der Waals surface area contributed by atoms with Gasteiger partial charge >= 0.3 is 0 Å². The molecule has 1 aliphatic rings. The number of anilines is 1. The maximum Gasteiger partial charge on any atom is 0.229 e. The van der Waals surface area contributed by atoms with Gasteiger partial charge in [-0.15, -0.1) is 0 Å². The minimum atomic E-state index is 0.476. The normalized spacial score (nSPS) is 13.7. The van der Waals surface area contributed by atoms with Crippen molar-refractivity contribution in [1.29, 1.82) is 0 Å². The lowest BCUT2D eigenvalue weighted by atomic mass is 10.3. The molecule has 4 rings (SSSR count). The number of halogens is 1. The minimum absolute atomic E-state index is 0.476. The van der Waals surface area contributed by atoms with Crippen molar-refractivity contribution in [1.82, 2.24) is 15.1 Å². The van der Waals surface area contributed by atoms with Crippen LogP contribution in [0.4, 0.5) is 5.69 Å². The number of benzene rings is 1. The molecule has 0 atom stereocenters. The maximum absolute atomic E-state index is 5.80. The number of hydrogen-bond acceptors (Lipinski definition) is 6. The zero-order valence-electron chi connectivity index (χ0n) is 12.8. The molecule has 3 aromatic rings. The first-order valence-electron chi connectivity index (χ1n) is 7.72. The fourth-order valence-corrected chi connectivity index (χ4v) is 2.31. The molecule has 1 aliphatic carbocycles. The van der Waals surface area contributed by atoms with E-state index < -0.39 is 0 Å². The summed E-state index contributed by atoms with van der Waals surface area (Å²) in [5.41, 5.74) is 0.948. The van der Waals surface area contributed by atoms with Crippen molar-refractivity contribution in [3.8, 4) is 11.6 Å². The van der Waals surface area contributed by atoms with Crippen LogP contribution in [-0.2, 0) is 6.54 Å². The fourth-order valence-electron chi connectivity index (χ4n) is 2.20. The SMILES string of the molecule is Clc1ccc(Oc2ccc(NCc3noc(C4CC4)n3)cc2)nc1. The topological polar surface area (TPSA) is 73.1 Å². The summed E-state index contributed by atoms with van der Waals surface area (Å²) in [5, 5.41) is 7.82. The molecule has 0 aliphatic heterocycles. The van der Waals surface area contributed by atoms with E-state index in [0.717, 1.165) is 24.4 Å². The lowest BCUT2D eigenvalue weighted by molar-refractivity contribution is 0.374. The number of aromatic nitrogens is 3. The Balaban J connectivity index is 1.33. The van der Waals surface area contributed by atoms with E-state index >= 15 is 0 Å². The Bertz CT molecular complexity index is 813. The van der Waals surface area contributed by atoms with Gasteiger partial charge in [-0.3, -0.25) is 0 Å². The zero-order chi connectivity index (χ0) is 16.4. The summed E-state index contributed by atoms with van der Waals surface area (Å²) in [6.07, 6.45) is 3.85. The average molecular weight is 343 g/mol. The molecule has 0 unspecified atom stereocenters. The molecule has 1 saturated carbocycles. The van der Waals surface area contributed by atoms with Crippen LogP contribution in [0.25, 0.3) is 0 Å². The third kappa shape index (κ3) is 3.65. The van der Waals surface area contributed by atoms with Gasteiger partial charge in [0.1, 0.15) is 5.75 Å². The van der Waals surface area contributed by atoms with E-state index in [-0.39, 0.29) is 0 Å². The lowest BCUT2D eigenvalue weighted by Gasteiger charge is -2.07. The summed E-state index contributed by atoms with van der Waals surface area (Å²) in [4.78, 5) is 8.48. The summed E-state index contributed by atoms with van der Waals surface area (Å²) in [6.45, 7) is 0.523. The summed E-state index contributed by atoms with van der Waals surface area (Å²) in [6, 6.07) is 11.0. The first-order valence-corrected chi connectivity index (χ1v) is 8.10. The molecular weight excluding hydrogens is 328 g/mol. The van der Waals surface area contributed by atoms with Crippen LogP contribution in [0.15, 0.2) is 47.1 Å². The number of ether oxygens (including phenoxy) is 1. The van der Waals surface area contributed by atoms with Crippen LogP contribution in [0.1, 0.15) is 30.5 Å². The van der Waals surface area contributed by atoms with Crippen molar-refractivity contribution in [3.05, 3.63) is 59.3 Å². The summed E-state index contributed by atoms with van der Waals surface area (Å²) in [5.74, 6) is 3.10. The van der Waals surface area contributed by atoms with E-state index in [2.05, 4.69) is 20.4 Å². The molecular formula is C17H15ClN4O2. The first kappa shape index (κ1) is 15.0. The van der Waals surface area contributed by atoms with Crippen molar-refractivity contribution in [2.45, 2.75) is 25.3 Å². The van der Waals surface area contributed by atoms with Crippen LogP contribution in [-0.4, -0.2) is 15.1 Å². The Hall–Kier alpha value is -2.60. The third-order valence-corrected chi connectivity index (χ3v) is 3.86. The Morgan fingerprint density at radius 1 is 1.17 bits per heavy atom. The molecule has 0 saturated heterocycles. The summed E-state index contributed by atoms with van der Waals surface area (Å²) < 4.78 is 10.9. The van der Waals surface area contributed by atoms with Crippen molar-refractivity contribution in [2.24, 2.45) is 0 Å². The number of hydrogen-bond donors (Lipinski definition) is 1. The third-order valence-electron chi connectivity index (χ3n) is 3.64. The van der Waals surface area contributed by atoms with Crippen LogP contribution in [0, 0.1) is 0 Å². The fraction of sp³-hybridized carbons (Fsp3) is 0.235. The highest BCUT2D eigenvalue weighted by atomic mass is 35.5. The molecule has 6 nitrogen and oxygen atoms in total. The molecule has 2 aromatic heterocycles. The molecule has 122 valence electrons. The second-order valence-corrected chi connectivity index (χ2v) is 6.05. The summed E-state index contributed by atoms with van der Waals surface area (Å²) >= 11 is 5.80. The Kier molecular flexibility index (Phi) is 4.04. The number of nitrogens with zero attached hydrogens (tertiary/aromatic N) is 3. The predicted octanol–water partition coefficient (Wildman–Crippen LogP) is 4.40. The highest BCUT2D eigenvalue weighted by Gasteiger charge is 2.29. The van der Waals surface area contributed by atoms with Gasteiger partial charge in [0.2, 0.25) is 11.8 Å². The first-order chi connectivity index (χ1) is 11.8. The molecule has 0 radical (unpaired) electrons. The smallest absolute Gasteiger partial charge is 0.229 e. The molecule has 24 heavy (non-hydrogen) atoms. The molecule has 0 bridgehead atoms. The minimum Gasteiger partial charge on any atom is -0.439 e. The molecule has 1 fully saturated rings. The Labute approximate surface area is 143 Å². The molecule has 7 heteroatoms.